The smallest absolute Gasteiger partial charge is 0.147 e. The fourth-order valence-corrected chi connectivity index (χ4v) is 4.42. The molecule has 0 aliphatic carbocycles. The SMILES string of the molecule is CNC(CCS(C)(=O)=O)C1CC2CCC(C1)N2C. The molecule has 18 heavy (non-hydrogen) atoms. The van der Waals surface area contributed by atoms with E-state index < -0.39 is 9.84 Å². The first kappa shape index (κ1) is 14.3. The summed E-state index contributed by atoms with van der Waals surface area (Å²) in [4.78, 5) is 2.53. The van der Waals surface area contributed by atoms with Crippen LogP contribution in [0.3, 0.4) is 0 Å². The Kier molecular flexibility index (Phi) is 4.34. The van der Waals surface area contributed by atoms with E-state index >= 15 is 0 Å². The normalized spacial score (nSPS) is 34.7. The van der Waals surface area contributed by atoms with E-state index in [0.717, 1.165) is 18.5 Å². The van der Waals surface area contributed by atoms with Crippen LogP contribution in [0.5, 0.6) is 0 Å². The first-order valence-corrected chi connectivity index (χ1v) is 9.03. The number of nitrogens with one attached hydrogen (secondary N) is 1. The Bertz CT molecular complexity index is 368. The minimum absolute atomic E-state index is 0.306. The topological polar surface area (TPSA) is 49.4 Å². The Hall–Kier alpha value is -0.130. The first-order valence-electron chi connectivity index (χ1n) is 6.97. The summed E-state index contributed by atoms with van der Waals surface area (Å²) in [5.74, 6) is 0.950. The van der Waals surface area contributed by atoms with E-state index in [4.69, 9.17) is 0 Å². The summed E-state index contributed by atoms with van der Waals surface area (Å²) < 4.78 is 22.6. The van der Waals surface area contributed by atoms with Crippen molar-refractivity contribution in [2.24, 2.45) is 5.92 Å². The molecule has 3 unspecified atom stereocenters. The van der Waals surface area contributed by atoms with Gasteiger partial charge < -0.3 is 10.2 Å². The van der Waals surface area contributed by atoms with Gasteiger partial charge in [-0.1, -0.05) is 0 Å². The van der Waals surface area contributed by atoms with Gasteiger partial charge in [-0.3, -0.25) is 0 Å². The Morgan fingerprint density at radius 3 is 2.28 bits per heavy atom. The minimum Gasteiger partial charge on any atom is -0.317 e. The van der Waals surface area contributed by atoms with Crippen LogP contribution in [-0.4, -0.2) is 57.5 Å². The zero-order valence-electron chi connectivity index (χ0n) is 11.7. The van der Waals surface area contributed by atoms with Crippen molar-refractivity contribution >= 4 is 9.84 Å². The molecule has 2 saturated heterocycles. The van der Waals surface area contributed by atoms with Crippen molar-refractivity contribution in [2.75, 3.05) is 26.1 Å². The molecule has 2 aliphatic rings. The summed E-state index contributed by atoms with van der Waals surface area (Å²) in [5, 5.41) is 3.35. The quantitative estimate of drug-likeness (QED) is 0.808. The van der Waals surface area contributed by atoms with Crippen LogP contribution in [0, 0.1) is 5.92 Å². The number of sulfone groups is 1. The van der Waals surface area contributed by atoms with Gasteiger partial charge in [0.25, 0.3) is 0 Å². The van der Waals surface area contributed by atoms with Crippen molar-refractivity contribution in [3.05, 3.63) is 0 Å². The maximum atomic E-state index is 11.3. The van der Waals surface area contributed by atoms with Gasteiger partial charge in [0.1, 0.15) is 9.84 Å². The molecule has 0 radical (unpaired) electrons. The van der Waals surface area contributed by atoms with Crippen LogP contribution in [-0.2, 0) is 9.84 Å². The van der Waals surface area contributed by atoms with Gasteiger partial charge >= 0.3 is 0 Å². The van der Waals surface area contributed by atoms with Crippen molar-refractivity contribution in [2.45, 2.75) is 50.2 Å². The Morgan fingerprint density at radius 2 is 1.83 bits per heavy atom. The van der Waals surface area contributed by atoms with Crippen molar-refractivity contribution in [3.63, 3.8) is 0 Å². The van der Waals surface area contributed by atoms with Gasteiger partial charge in [-0.2, -0.15) is 0 Å². The molecule has 4 nitrogen and oxygen atoms in total. The molecule has 1 N–H and O–H groups in total. The zero-order chi connectivity index (χ0) is 13.3. The molecule has 3 atom stereocenters. The lowest BCUT2D eigenvalue weighted by Crippen LogP contribution is -2.46. The third-order valence-electron chi connectivity index (χ3n) is 4.87. The van der Waals surface area contributed by atoms with E-state index in [-0.39, 0.29) is 0 Å². The molecule has 2 aliphatic heterocycles. The Labute approximate surface area is 111 Å². The number of piperidine rings is 1. The van der Waals surface area contributed by atoms with E-state index in [9.17, 15) is 8.42 Å². The molecule has 106 valence electrons. The second-order valence-corrected chi connectivity index (χ2v) is 8.36. The molecule has 0 aromatic carbocycles. The maximum Gasteiger partial charge on any atom is 0.147 e. The summed E-state index contributed by atoms with van der Waals surface area (Å²) in [6, 6.07) is 1.81. The predicted molar refractivity (Wildman–Crippen MR) is 74.5 cm³/mol. The Morgan fingerprint density at radius 1 is 1.28 bits per heavy atom. The van der Waals surface area contributed by atoms with Crippen molar-refractivity contribution in [1.82, 2.24) is 10.2 Å². The molecule has 2 heterocycles. The fourth-order valence-electron chi connectivity index (χ4n) is 3.74. The second kappa shape index (κ2) is 5.47. The average molecular weight is 274 g/mol. The highest BCUT2D eigenvalue weighted by Gasteiger charge is 2.40. The molecular formula is C13H26N2O2S. The molecule has 0 aromatic heterocycles. The number of hydrogen-bond donors (Lipinski definition) is 1. The number of fused-ring (bicyclic) bond motifs is 2. The van der Waals surface area contributed by atoms with Gasteiger partial charge in [0.15, 0.2) is 0 Å². The monoisotopic (exact) mass is 274 g/mol. The molecule has 5 heteroatoms. The lowest BCUT2D eigenvalue weighted by atomic mass is 9.84. The Balaban J connectivity index is 1.93. The number of nitrogens with zero attached hydrogens (tertiary/aromatic N) is 1. The first-order chi connectivity index (χ1) is 8.40. The highest BCUT2D eigenvalue weighted by Crippen LogP contribution is 2.39. The van der Waals surface area contributed by atoms with Crippen LogP contribution in [0.25, 0.3) is 0 Å². The lowest BCUT2D eigenvalue weighted by molar-refractivity contribution is 0.113. The van der Waals surface area contributed by atoms with Crippen molar-refractivity contribution in [1.29, 1.82) is 0 Å². The standard InChI is InChI=1S/C13H26N2O2S/c1-14-13(6-7-18(3,16)17)10-8-11-4-5-12(9-10)15(11)2/h10-14H,4-9H2,1-3H3. The van der Waals surface area contributed by atoms with Crippen molar-refractivity contribution < 1.29 is 8.42 Å². The molecule has 2 bridgehead atoms. The molecular weight excluding hydrogens is 248 g/mol. The summed E-state index contributed by atoms with van der Waals surface area (Å²) >= 11 is 0. The summed E-state index contributed by atoms with van der Waals surface area (Å²) in [5.41, 5.74) is 0. The maximum absolute atomic E-state index is 11.3. The van der Waals surface area contributed by atoms with E-state index in [0.29, 0.717) is 17.7 Å². The van der Waals surface area contributed by atoms with E-state index in [1.54, 1.807) is 0 Å². The van der Waals surface area contributed by atoms with Crippen LogP contribution < -0.4 is 5.32 Å². The lowest BCUT2D eigenvalue weighted by Gasteiger charge is -2.39. The highest BCUT2D eigenvalue weighted by atomic mass is 32.2. The van der Waals surface area contributed by atoms with Crippen LogP contribution >= 0.6 is 0 Å². The van der Waals surface area contributed by atoms with Gasteiger partial charge in [-0.15, -0.1) is 0 Å². The molecule has 0 aromatic rings. The van der Waals surface area contributed by atoms with Crippen LogP contribution in [0.4, 0.5) is 0 Å². The predicted octanol–water partition coefficient (Wildman–Crippen LogP) is 0.882. The number of hydrogen-bond acceptors (Lipinski definition) is 4. The molecule has 0 saturated carbocycles. The highest BCUT2D eigenvalue weighted by molar-refractivity contribution is 7.90. The number of rotatable bonds is 5. The van der Waals surface area contributed by atoms with Gasteiger partial charge in [0.2, 0.25) is 0 Å². The largest absolute Gasteiger partial charge is 0.317 e. The molecule has 0 spiro atoms. The molecule has 2 rings (SSSR count). The van der Waals surface area contributed by atoms with Crippen LogP contribution in [0.1, 0.15) is 32.1 Å². The third-order valence-corrected chi connectivity index (χ3v) is 5.85. The summed E-state index contributed by atoms with van der Waals surface area (Å²) in [6.45, 7) is 0. The third kappa shape index (κ3) is 3.25. The second-order valence-electron chi connectivity index (χ2n) is 6.10. The molecule has 0 amide bonds. The van der Waals surface area contributed by atoms with E-state index in [2.05, 4.69) is 17.3 Å². The van der Waals surface area contributed by atoms with Gasteiger partial charge in [0.05, 0.1) is 5.75 Å². The van der Waals surface area contributed by atoms with Gasteiger partial charge in [-0.25, -0.2) is 8.42 Å². The van der Waals surface area contributed by atoms with Gasteiger partial charge in [0, 0.05) is 24.4 Å². The zero-order valence-corrected chi connectivity index (χ0v) is 12.5. The minimum atomic E-state index is -2.84. The van der Waals surface area contributed by atoms with Crippen LogP contribution in [0.15, 0.2) is 0 Å². The summed E-state index contributed by atoms with van der Waals surface area (Å²) in [6.07, 6.45) is 7.17. The van der Waals surface area contributed by atoms with Crippen LogP contribution in [0.2, 0.25) is 0 Å². The van der Waals surface area contributed by atoms with E-state index in [1.165, 1.54) is 31.9 Å². The average Bonchev–Trinajstić information content (AvgIpc) is 2.52. The van der Waals surface area contributed by atoms with Gasteiger partial charge in [-0.05, 0) is 52.1 Å². The van der Waals surface area contributed by atoms with E-state index in [1.807, 2.05) is 7.05 Å². The van der Waals surface area contributed by atoms with Crippen molar-refractivity contribution in [3.8, 4) is 0 Å². The fraction of sp³-hybridized carbons (Fsp3) is 1.00. The summed E-state index contributed by atoms with van der Waals surface area (Å²) in [7, 11) is 1.36. The molecule has 2 fully saturated rings.